The SMILES string of the molecule is N=C(N)c1ccc2c(c1)C(CCNC(=O)n1cnc3c(=O)[nH]c(=O)[nH]c31)CO2. The Hall–Kier alpha value is -3.89. The number of aromatic nitrogens is 4. The van der Waals surface area contributed by atoms with Crippen LogP contribution in [0.3, 0.4) is 0 Å². The average Bonchev–Trinajstić information content (AvgIpc) is 3.25. The van der Waals surface area contributed by atoms with E-state index in [9.17, 15) is 14.4 Å². The zero-order valence-corrected chi connectivity index (χ0v) is 14.6. The Labute approximate surface area is 157 Å². The normalized spacial score (nSPS) is 15.2. The van der Waals surface area contributed by atoms with E-state index in [4.69, 9.17) is 15.9 Å². The summed E-state index contributed by atoms with van der Waals surface area (Å²) in [7, 11) is 0. The van der Waals surface area contributed by atoms with Gasteiger partial charge in [0.15, 0.2) is 11.2 Å². The third kappa shape index (κ3) is 3.02. The van der Waals surface area contributed by atoms with Gasteiger partial charge in [0.25, 0.3) is 5.56 Å². The molecule has 3 aromatic rings. The van der Waals surface area contributed by atoms with Crippen LogP contribution in [0.15, 0.2) is 34.1 Å². The van der Waals surface area contributed by atoms with Crippen molar-refractivity contribution >= 4 is 23.0 Å². The number of nitrogens with two attached hydrogens (primary N) is 1. The van der Waals surface area contributed by atoms with Crippen molar-refractivity contribution in [1.29, 1.82) is 5.41 Å². The molecule has 4 rings (SSSR count). The van der Waals surface area contributed by atoms with Gasteiger partial charge >= 0.3 is 11.7 Å². The van der Waals surface area contributed by atoms with Gasteiger partial charge in [0.1, 0.15) is 17.9 Å². The summed E-state index contributed by atoms with van der Waals surface area (Å²) in [4.78, 5) is 43.8. The molecular weight excluding hydrogens is 366 g/mol. The van der Waals surface area contributed by atoms with E-state index in [1.807, 2.05) is 6.07 Å². The quantitative estimate of drug-likeness (QED) is 0.309. The maximum absolute atomic E-state index is 12.4. The Morgan fingerprint density at radius 3 is 3.00 bits per heavy atom. The molecule has 28 heavy (non-hydrogen) atoms. The number of imidazole rings is 1. The van der Waals surface area contributed by atoms with E-state index in [0.717, 1.165) is 15.9 Å². The number of aromatic amines is 2. The molecule has 1 atom stereocenters. The first-order chi connectivity index (χ1) is 13.4. The van der Waals surface area contributed by atoms with Gasteiger partial charge in [-0.05, 0) is 24.6 Å². The molecule has 0 radical (unpaired) electrons. The predicted octanol–water partition coefficient (Wildman–Crippen LogP) is -0.179. The van der Waals surface area contributed by atoms with Crippen LogP contribution in [-0.4, -0.2) is 44.5 Å². The highest BCUT2D eigenvalue weighted by molar-refractivity contribution is 5.95. The summed E-state index contributed by atoms with van der Waals surface area (Å²) < 4.78 is 6.72. The van der Waals surface area contributed by atoms with Gasteiger partial charge in [0, 0.05) is 23.6 Å². The molecule has 6 N–H and O–H groups in total. The molecule has 2 aromatic heterocycles. The molecule has 1 unspecified atom stereocenters. The molecule has 0 saturated heterocycles. The number of hydrogen-bond donors (Lipinski definition) is 5. The third-order valence-electron chi connectivity index (χ3n) is 4.63. The Morgan fingerprint density at radius 2 is 2.21 bits per heavy atom. The number of carbonyl (C=O) groups is 1. The minimum Gasteiger partial charge on any atom is -0.493 e. The standard InChI is InChI=1S/C17H17N7O4/c18-13(19)8-1-2-11-10(5-8)9(6-28-11)3-4-20-17(27)24-7-21-12-14(24)22-16(26)23-15(12)25/h1-2,5,7,9H,3-4,6H2,(H3,18,19)(H,20,27)(H2,22,23,25,26). The maximum atomic E-state index is 12.4. The molecule has 0 spiro atoms. The van der Waals surface area contributed by atoms with Crippen LogP contribution in [0.5, 0.6) is 5.75 Å². The number of ether oxygens (including phenoxy) is 1. The predicted molar refractivity (Wildman–Crippen MR) is 100 cm³/mol. The Kier molecular flexibility index (Phi) is 4.18. The zero-order valence-electron chi connectivity index (χ0n) is 14.6. The fourth-order valence-electron chi connectivity index (χ4n) is 3.21. The summed E-state index contributed by atoms with van der Waals surface area (Å²) in [5.74, 6) is 0.785. The van der Waals surface area contributed by atoms with Crippen LogP contribution >= 0.6 is 0 Å². The Balaban J connectivity index is 1.45. The van der Waals surface area contributed by atoms with Crippen molar-refractivity contribution < 1.29 is 9.53 Å². The number of nitrogen functional groups attached to an aromatic ring is 1. The van der Waals surface area contributed by atoms with Crippen LogP contribution in [0, 0.1) is 5.41 Å². The molecule has 11 heteroatoms. The first kappa shape index (κ1) is 17.5. The van der Waals surface area contributed by atoms with Crippen molar-refractivity contribution in [3.63, 3.8) is 0 Å². The van der Waals surface area contributed by atoms with E-state index in [2.05, 4.69) is 20.3 Å². The lowest BCUT2D eigenvalue weighted by atomic mass is 9.96. The second-order valence-corrected chi connectivity index (χ2v) is 6.41. The summed E-state index contributed by atoms with van der Waals surface area (Å²) in [6.07, 6.45) is 1.78. The summed E-state index contributed by atoms with van der Waals surface area (Å²) in [5.41, 5.74) is 5.75. The van der Waals surface area contributed by atoms with Gasteiger partial charge in [-0.25, -0.2) is 19.1 Å². The largest absolute Gasteiger partial charge is 0.493 e. The number of benzene rings is 1. The Bertz CT molecular complexity index is 1210. The highest BCUT2D eigenvalue weighted by Crippen LogP contribution is 2.36. The molecular formula is C17H17N7O4. The van der Waals surface area contributed by atoms with E-state index in [0.29, 0.717) is 25.1 Å². The van der Waals surface area contributed by atoms with Crippen molar-refractivity contribution in [1.82, 2.24) is 24.8 Å². The molecule has 11 nitrogen and oxygen atoms in total. The summed E-state index contributed by atoms with van der Waals surface area (Å²) in [5, 5.41) is 10.3. The van der Waals surface area contributed by atoms with Crippen molar-refractivity contribution in [2.45, 2.75) is 12.3 Å². The number of amidine groups is 1. The van der Waals surface area contributed by atoms with Crippen LogP contribution in [0.4, 0.5) is 4.79 Å². The van der Waals surface area contributed by atoms with E-state index in [1.165, 1.54) is 6.33 Å². The van der Waals surface area contributed by atoms with Crippen molar-refractivity contribution in [3.05, 3.63) is 56.5 Å². The lowest BCUT2D eigenvalue weighted by molar-refractivity contribution is 0.242. The van der Waals surface area contributed by atoms with Crippen LogP contribution in [0.1, 0.15) is 23.5 Å². The molecule has 144 valence electrons. The van der Waals surface area contributed by atoms with Gasteiger partial charge < -0.3 is 15.8 Å². The second kappa shape index (κ2) is 6.68. The lowest BCUT2D eigenvalue weighted by Gasteiger charge is -2.11. The number of hydrogen-bond acceptors (Lipinski definition) is 6. The monoisotopic (exact) mass is 383 g/mol. The van der Waals surface area contributed by atoms with Crippen LogP contribution in [0.25, 0.3) is 11.2 Å². The van der Waals surface area contributed by atoms with E-state index < -0.39 is 17.3 Å². The number of carbonyl (C=O) groups excluding carboxylic acids is 1. The summed E-state index contributed by atoms with van der Waals surface area (Å²) in [6, 6.07) is 4.84. The maximum Gasteiger partial charge on any atom is 0.328 e. The number of nitrogens with one attached hydrogen (secondary N) is 4. The number of rotatable bonds is 4. The molecule has 0 aliphatic carbocycles. The topological polar surface area (TPSA) is 172 Å². The van der Waals surface area contributed by atoms with Crippen molar-refractivity contribution in [2.24, 2.45) is 5.73 Å². The molecule has 1 aliphatic rings. The molecule has 0 fully saturated rings. The van der Waals surface area contributed by atoms with Gasteiger partial charge in [-0.1, -0.05) is 0 Å². The molecule has 0 bridgehead atoms. The first-order valence-electron chi connectivity index (χ1n) is 8.53. The third-order valence-corrected chi connectivity index (χ3v) is 4.63. The highest BCUT2D eigenvalue weighted by atomic mass is 16.5. The molecule has 1 aromatic carbocycles. The molecule has 1 amide bonds. The van der Waals surface area contributed by atoms with Gasteiger partial charge in [-0.2, -0.15) is 0 Å². The fraction of sp³-hybridized carbons (Fsp3) is 0.235. The molecule has 0 saturated carbocycles. The van der Waals surface area contributed by atoms with E-state index in [1.54, 1.807) is 12.1 Å². The fourth-order valence-corrected chi connectivity index (χ4v) is 3.21. The van der Waals surface area contributed by atoms with Crippen LogP contribution < -0.4 is 27.0 Å². The number of H-pyrrole nitrogens is 2. The smallest absolute Gasteiger partial charge is 0.328 e. The van der Waals surface area contributed by atoms with Gasteiger partial charge in [-0.3, -0.25) is 20.2 Å². The van der Waals surface area contributed by atoms with Crippen molar-refractivity contribution in [2.75, 3.05) is 13.2 Å². The minimum absolute atomic E-state index is 0.0160. The zero-order chi connectivity index (χ0) is 19.8. The lowest BCUT2D eigenvalue weighted by Crippen LogP contribution is -2.31. The number of nitrogens with zero attached hydrogens (tertiary/aromatic N) is 2. The van der Waals surface area contributed by atoms with Gasteiger partial charge in [0.2, 0.25) is 0 Å². The van der Waals surface area contributed by atoms with Crippen LogP contribution in [-0.2, 0) is 0 Å². The number of fused-ring (bicyclic) bond motifs is 2. The summed E-state index contributed by atoms with van der Waals surface area (Å²) >= 11 is 0. The first-order valence-corrected chi connectivity index (χ1v) is 8.53. The second-order valence-electron chi connectivity index (χ2n) is 6.41. The van der Waals surface area contributed by atoms with E-state index >= 15 is 0 Å². The van der Waals surface area contributed by atoms with Crippen LogP contribution in [0.2, 0.25) is 0 Å². The van der Waals surface area contributed by atoms with E-state index in [-0.39, 0.29) is 22.9 Å². The highest BCUT2D eigenvalue weighted by Gasteiger charge is 2.25. The van der Waals surface area contributed by atoms with Crippen molar-refractivity contribution in [3.8, 4) is 5.75 Å². The Morgan fingerprint density at radius 1 is 1.39 bits per heavy atom. The van der Waals surface area contributed by atoms with Gasteiger partial charge in [0.05, 0.1) is 6.61 Å². The summed E-state index contributed by atoms with van der Waals surface area (Å²) in [6.45, 7) is 0.812. The molecule has 3 heterocycles. The average molecular weight is 383 g/mol. The molecule has 1 aliphatic heterocycles. The number of amides is 1. The minimum atomic E-state index is -0.715. The van der Waals surface area contributed by atoms with Gasteiger partial charge in [-0.15, -0.1) is 0 Å².